The van der Waals surface area contributed by atoms with Gasteiger partial charge in [-0.3, -0.25) is 9.88 Å². The summed E-state index contributed by atoms with van der Waals surface area (Å²) in [7, 11) is 0. The minimum Gasteiger partial charge on any atom is -0.490 e. The molecule has 1 saturated heterocycles. The van der Waals surface area contributed by atoms with Crippen molar-refractivity contribution in [3.63, 3.8) is 0 Å². The third kappa shape index (κ3) is 4.29. The van der Waals surface area contributed by atoms with Crippen LogP contribution in [0.1, 0.15) is 49.8 Å². The molecule has 156 valence electrons. The number of hydrogen-bond acceptors (Lipinski definition) is 6. The first kappa shape index (κ1) is 19.9. The molecule has 4 heterocycles. The van der Waals surface area contributed by atoms with E-state index < -0.39 is 0 Å². The van der Waals surface area contributed by atoms with Crippen molar-refractivity contribution in [1.82, 2.24) is 14.9 Å². The third-order valence-corrected chi connectivity index (χ3v) is 5.65. The number of halogens is 1. The van der Waals surface area contributed by atoms with Crippen molar-refractivity contribution in [2.24, 2.45) is 0 Å². The Morgan fingerprint density at radius 3 is 2.59 bits per heavy atom. The minimum atomic E-state index is -0.352. The van der Waals surface area contributed by atoms with Crippen LogP contribution in [-0.2, 0) is 0 Å². The summed E-state index contributed by atoms with van der Waals surface area (Å²) in [5.41, 5.74) is 2.32. The SMILES string of the molecule is Cc1cc(O[C@H]2CCN([C@H](C)c3nc4c(cc3F)OCCO4)[C@@H](C)C2)cc(C)n1. The van der Waals surface area contributed by atoms with Crippen LogP contribution < -0.4 is 14.2 Å². The van der Waals surface area contributed by atoms with Gasteiger partial charge in [-0.1, -0.05) is 0 Å². The maximum Gasteiger partial charge on any atom is 0.257 e. The summed E-state index contributed by atoms with van der Waals surface area (Å²) in [4.78, 5) is 11.1. The Kier molecular flexibility index (Phi) is 5.58. The van der Waals surface area contributed by atoms with E-state index in [-0.39, 0.29) is 24.0 Å². The molecule has 2 aromatic rings. The van der Waals surface area contributed by atoms with Crippen molar-refractivity contribution in [3.05, 3.63) is 41.1 Å². The first-order valence-corrected chi connectivity index (χ1v) is 10.2. The molecule has 6 nitrogen and oxygen atoms in total. The summed E-state index contributed by atoms with van der Waals surface area (Å²) in [5, 5.41) is 0. The van der Waals surface area contributed by atoms with Crippen molar-refractivity contribution in [2.45, 2.75) is 58.7 Å². The van der Waals surface area contributed by atoms with E-state index >= 15 is 0 Å². The highest BCUT2D eigenvalue weighted by Crippen LogP contribution is 2.35. The Balaban J connectivity index is 1.44. The van der Waals surface area contributed by atoms with Gasteiger partial charge in [0.2, 0.25) is 0 Å². The highest BCUT2D eigenvalue weighted by atomic mass is 19.1. The summed E-state index contributed by atoms with van der Waals surface area (Å²) in [6.07, 6.45) is 1.88. The molecule has 0 aromatic carbocycles. The molecule has 0 spiro atoms. The summed E-state index contributed by atoms with van der Waals surface area (Å²) in [6, 6.07) is 5.42. The Morgan fingerprint density at radius 1 is 1.14 bits per heavy atom. The van der Waals surface area contributed by atoms with E-state index in [2.05, 4.69) is 21.8 Å². The molecular weight excluding hydrogens is 373 g/mol. The van der Waals surface area contributed by atoms with Crippen LogP contribution in [0, 0.1) is 19.7 Å². The van der Waals surface area contributed by atoms with E-state index in [9.17, 15) is 4.39 Å². The van der Waals surface area contributed by atoms with E-state index in [0.717, 1.165) is 36.5 Å². The van der Waals surface area contributed by atoms with E-state index in [4.69, 9.17) is 14.2 Å². The molecule has 0 N–H and O–H groups in total. The van der Waals surface area contributed by atoms with Crippen LogP contribution in [0.4, 0.5) is 4.39 Å². The van der Waals surface area contributed by atoms with E-state index in [1.54, 1.807) is 0 Å². The average Bonchev–Trinajstić information content (AvgIpc) is 2.66. The fraction of sp³-hybridized carbons (Fsp3) is 0.545. The molecule has 0 radical (unpaired) electrons. The highest BCUT2D eigenvalue weighted by Gasteiger charge is 2.33. The van der Waals surface area contributed by atoms with Gasteiger partial charge in [-0.2, -0.15) is 0 Å². The molecule has 0 unspecified atom stereocenters. The zero-order valence-corrected chi connectivity index (χ0v) is 17.4. The normalized spacial score (nSPS) is 22.9. The van der Waals surface area contributed by atoms with Gasteiger partial charge in [-0.25, -0.2) is 9.37 Å². The van der Waals surface area contributed by atoms with Gasteiger partial charge in [-0.15, -0.1) is 0 Å². The second-order valence-corrected chi connectivity index (χ2v) is 7.97. The number of hydrogen-bond donors (Lipinski definition) is 0. The van der Waals surface area contributed by atoms with Crippen molar-refractivity contribution in [1.29, 1.82) is 0 Å². The fourth-order valence-corrected chi connectivity index (χ4v) is 4.30. The molecule has 29 heavy (non-hydrogen) atoms. The van der Waals surface area contributed by atoms with Crippen LogP contribution in [0.3, 0.4) is 0 Å². The smallest absolute Gasteiger partial charge is 0.257 e. The minimum absolute atomic E-state index is 0.132. The number of likely N-dealkylation sites (tertiary alicyclic amines) is 1. The molecule has 4 rings (SSSR count). The van der Waals surface area contributed by atoms with E-state index in [0.29, 0.717) is 30.5 Å². The topological polar surface area (TPSA) is 56.7 Å². The van der Waals surface area contributed by atoms with E-state index in [1.165, 1.54) is 6.07 Å². The number of ether oxygens (including phenoxy) is 3. The van der Waals surface area contributed by atoms with Gasteiger partial charge in [0.05, 0.1) is 11.7 Å². The second-order valence-electron chi connectivity index (χ2n) is 7.97. The van der Waals surface area contributed by atoms with Crippen LogP contribution in [0.25, 0.3) is 0 Å². The fourth-order valence-electron chi connectivity index (χ4n) is 4.30. The van der Waals surface area contributed by atoms with Crippen LogP contribution in [0.2, 0.25) is 0 Å². The van der Waals surface area contributed by atoms with Gasteiger partial charge >= 0.3 is 0 Å². The molecular formula is C22H28FN3O3. The van der Waals surface area contributed by atoms with Crippen LogP contribution in [0.5, 0.6) is 17.4 Å². The summed E-state index contributed by atoms with van der Waals surface area (Å²) in [6.45, 7) is 9.77. The Hall–Kier alpha value is -2.41. The predicted octanol–water partition coefficient (Wildman–Crippen LogP) is 4.00. The molecule has 0 saturated carbocycles. The van der Waals surface area contributed by atoms with Crippen molar-refractivity contribution >= 4 is 0 Å². The maximum absolute atomic E-state index is 14.7. The maximum atomic E-state index is 14.7. The molecule has 0 aliphatic carbocycles. The standard InChI is InChI=1S/C22H28FN3O3/c1-13-9-18(10-14(2)24-13)29-17-5-6-26(15(3)11-17)16(4)21-19(23)12-20-22(25-21)28-8-7-27-20/h9-10,12,15-17H,5-8,11H2,1-4H3/t15-,16+,17-/m0/s1. The van der Waals surface area contributed by atoms with Crippen molar-refractivity contribution < 1.29 is 18.6 Å². The second kappa shape index (κ2) is 8.14. The quantitative estimate of drug-likeness (QED) is 0.772. The van der Waals surface area contributed by atoms with Crippen LogP contribution >= 0.6 is 0 Å². The number of piperidine rings is 1. The lowest BCUT2D eigenvalue weighted by Gasteiger charge is -2.41. The van der Waals surface area contributed by atoms with Gasteiger partial charge in [0, 0.05) is 42.2 Å². The lowest BCUT2D eigenvalue weighted by molar-refractivity contribution is 0.0374. The molecule has 1 fully saturated rings. The third-order valence-electron chi connectivity index (χ3n) is 5.65. The van der Waals surface area contributed by atoms with Gasteiger partial charge < -0.3 is 14.2 Å². The van der Waals surface area contributed by atoms with Gasteiger partial charge in [-0.05, 0) is 40.5 Å². The first-order valence-electron chi connectivity index (χ1n) is 10.2. The number of fused-ring (bicyclic) bond motifs is 1. The molecule has 2 aromatic heterocycles. The lowest BCUT2D eigenvalue weighted by atomic mass is 9.97. The van der Waals surface area contributed by atoms with Crippen molar-refractivity contribution in [2.75, 3.05) is 19.8 Å². The number of pyridine rings is 2. The van der Waals surface area contributed by atoms with Crippen LogP contribution in [0.15, 0.2) is 18.2 Å². The summed E-state index contributed by atoms with van der Waals surface area (Å²) in [5.74, 6) is 1.28. The summed E-state index contributed by atoms with van der Waals surface area (Å²) >= 11 is 0. The average molecular weight is 401 g/mol. The van der Waals surface area contributed by atoms with Gasteiger partial charge in [0.25, 0.3) is 5.88 Å². The molecule has 2 aliphatic heterocycles. The lowest BCUT2D eigenvalue weighted by Crippen LogP contribution is -2.45. The summed E-state index contributed by atoms with van der Waals surface area (Å²) < 4.78 is 31.9. The number of rotatable bonds is 4. The molecule has 3 atom stereocenters. The molecule has 0 amide bonds. The largest absolute Gasteiger partial charge is 0.490 e. The zero-order valence-electron chi connectivity index (χ0n) is 17.4. The Labute approximate surface area is 171 Å². The highest BCUT2D eigenvalue weighted by molar-refractivity contribution is 5.37. The van der Waals surface area contributed by atoms with Crippen molar-refractivity contribution in [3.8, 4) is 17.4 Å². The molecule has 0 bridgehead atoms. The predicted molar refractivity (Wildman–Crippen MR) is 107 cm³/mol. The number of aryl methyl sites for hydroxylation is 2. The number of nitrogens with zero attached hydrogens (tertiary/aromatic N) is 3. The van der Waals surface area contributed by atoms with Gasteiger partial charge in [0.15, 0.2) is 5.75 Å². The molecule has 7 heteroatoms. The Morgan fingerprint density at radius 2 is 1.86 bits per heavy atom. The van der Waals surface area contributed by atoms with Crippen LogP contribution in [-0.4, -0.2) is 46.8 Å². The monoisotopic (exact) mass is 401 g/mol. The Bertz CT molecular complexity index is 872. The molecule has 2 aliphatic rings. The van der Waals surface area contributed by atoms with E-state index in [1.807, 2.05) is 32.9 Å². The number of aromatic nitrogens is 2. The van der Waals surface area contributed by atoms with Gasteiger partial charge in [0.1, 0.15) is 30.9 Å². The first-order chi connectivity index (χ1) is 13.9. The zero-order chi connectivity index (χ0) is 20.5.